The van der Waals surface area contributed by atoms with Crippen molar-refractivity contribution in [1.82, 2.24) is 9.55 Å². The molecule has 0 aliphatic heterocycles. The summed E-state index contributed by atoms with van der Waals surface area (Å²) in [7, 11) is 0. The molecule has 0 radical (unpaired) electrons. The van der Waals surface area contributed by atoms with E-state index in [4.69, 9.17) is 11.5 Å². The van der Waals surface area contributed by atoms with Crippen LogP contribution in [0, 0.1) is 5.92 Å². The highest BCUT2D eigenvalue weighted by Gasteiger charge is 2.08. The molecular weight excluding hydrogens is 156 g/mol. The summed E-state index contributed by atoms with van der Waals surface area (Å²) in [5.74, 6) is -0.0625. The van der Waals surface area contributed by atoms with Gasteiger partial charge in [0.2, 0.25) is 5.91 Å². The second-order valence-corrected chi connectivity index (χ2v) is 2.80. The van der Waals surface area contributed by atoms with Crippen LogP contribution in [-0.4, -0.2) is 15.5 Å². The first kappa shape index (κ1) is 8.58. The zero-order valence-corrected chi connectivity index (χ0v) is 6.90. The molecule has 0 fully saturated rings. The van der Waals surface area contributed by atoms with Crippen LogP contribution >= 0.6 is 0 Å². The van der Waals surface area contributed by atoms with Gasteiger partial charge in [0, 0.05) is 12.7 Å². The molecule has 0 aliphatic carbocycles. The number of primary amides is 1. The number of carbonyl (C=O) groups excluding carboxylic acids is 1. The number of carbonyl (C=O) groups is 1. The number of hydrogen-bond acceptors (Lipinski definition) is 3. The van der Waals surface area contributed by atoms with Crippen molar-refractivity contribution >= 4 is 11.7 Å². The number of hydrogen-bond donors (Lipinski definition) is 2. The van der Waals surface area contributed by atoms with Gasteiger partial charge in [-0.3, -0.25) is 4.79 Å². The van der Waals surface area contributed by atoms with Crippen LogP contribution < -0.4 is 11.5 Å². The van der Waals surface area contributed by atoms with Crippen molar-refractivity contribution in [3.8, 4) is 0 Å². The lowest BCUT2D eigenvalue weighted by Crippen LogP contribution is -2.24. The fourth-order valence-electron chi connectivity index (χ4n) is 0.883. The number of imidazole rings is 1. The molecular formula is C7H12N4O. The third-order valence-electron chi connectivity index (χ3n) is 1.62. The summed E-state index contributed by atoms with van der Waals surface area (Å²) in [4.78, 5) is 14.5. The Hall–Kier alpha value is -1.52. The highest BCUT2D eigenvalue weighted by atomic mass is 16.1. The quantitative estimate of drug-likeness (QED) is 0.643. The van der Waals surface area contributed by atoms with E-state index in [2.05, 4.69) is 4.98 Å². The van der Waals surface area contributed by atoms with E-state index in [1.54, 1.807) is 24.0 Å². The second kappa shape index (κ2) is 3.25. The minimum atomic E-state index is -0.317. The van der Waals surface area contributed by atoms with Crippen LogP contribution in [0.2, 0.25) is 0 Å². The van der Waals surface area contributed by atoms with Crippen molar-refractivity contribution in [1.29, 1.82) is 0 Å². The maximum Gasteiger partial charge on any atom is 0.222 e. The molecule has 5 heteroatoms. The molecule has 0 bridgehead atoms. The molecule has 0 saturated carbocycles. The van der Waals surface area contributed by atoms with Crippen molar-refractivity contribution in [3.05, 3.63) is 12.5 Å². The van der Waals surface area contributed by atoms with Gasteiger partial charge >= 0.3 is 0 Å². The summed E-state index contributed by atoms with van der Waals surface area (Å²) >= 11 is 0. The number of nitrogen functional groups attached to an aromatic ring is 1. The van der Waals surface area contributed by atoms with Crippen LogP contribution in [-0.2, 0) is 11.3 Å². The Bertz CT molecular complexity index is 281. The van der Waals surface area contributed by atoms with E-state index in [1.807, 2.05) is 0 Å². The summed E-state index contributed by atoms with van der Waals surface area (Å²) in [6.45, 7) is 2.29. The summed E-state index contributed by atoms with van der Waals surface area (Å²) in [6.07, 6.45) is 3.24. The van der Waals surface area contributed by atoms with Crippen LogP contribution in [0.1, 0.15) is 6.92 Å². The maximum absolute atomic E-state index is 10.7. The zero-order chi connectivity index (χ0) is 9.14. The Morgan fingerprint density at radius 1 is 1.83 bits per heavy atom. The van der Waals surface area contributed by atoms with E-state index in [0.717, 1.165) is 0 Å². The molecule has 1 aromatic rings. The molecule has 0 aliphatic rings. The minimum Gasteiger partial charge on any atom is -0.382 e. The molecule has 66 valence electrons. The molecule has 0 aromatic carbocycles. The number of nitrogens with zero attached hydrogens (tertiary/aromatic N) is 2. The zero-order valence-electron chi connectivity index (χ0n) is 6.90. The van der Waals surface area contributed by atoms with E-state index in [0.29, 0.717) is 12.4 Å². The fraction of sp³-hybridized carbons (Fsp3) is 0.429. The lowest BCUT2D eigenvalue weighted by Gasteiger charge is -2.06. The van der Waals surface area contributed by atoms with E-state index in [9.17, 15) is 4.79 Å². The van der Waals surface area contributed by atoms with Crippen LogP contribution in [0.15, 0.2) is 12.5 Å². The average Bonchev–Trinajstić information content (AvgIpc) is 2.35. The van der Waals surface area contributed by atoms with Gasteiger partial charge in [-0.15, -0.1) is 0 Å². The number of amides is 1. The van der Waals surface area contributed by atoms with Crippen LogP contribution in [0.25, 0.3) is 0 Å². The molecule has 1 heterocycles. The molecule has 12 heavy (non-hydrogen) atoms. The Kier molecular flexibility index (Phi) is 2.32. The molecule has 1 unspecified atom stereocenters. The maximum atomic E-state index is 10.7. The first-order valence-corrected chi connectivity index (χ1v) is 3.66. The van der Waals surface area contributed by atoms with E-state index < -0.39 is 0 Å². The highest BCUT2D eigenvalue weighted by molar-refractivity contribution is 5.76. The Labute approximate surface area is 70.4 Å². The van der Waals surface area contributed by atoms with Gasteiger partial charge in [-0.25, -0.2) is 4.98 Å². The van der Waals surface area contributed by atoms with E-state index in [1.165, 1.54) is 0 Å². The van der Waals surface area contributed by atoms with E-state index in [-0.39, 0.29) is 11.8 Å². The molecule has 5 nitrogen and oxygen atoms in total. The monoisotopic (exact) mass is 168 g/mol. The van der Waals surface area contributed by atoms with Gasteiger partial charge < -0.3 is 16.0 Å². The number of nitrogens with two attached hydrogens (primary N) is 2. The van der Waals surface area contributed by atoms with Gasteiger partial charge in [-0.05, 0) is 0 Å². The van der Waals surface area contributed by atoms with Crippen molar-refractivity contribution in [3.63, 3.8) is 0 Å². The van der Waals surface area contributed by atoms with Crippen LogP contribution in [0.3, 0.4) is 0 Å². The largest absolute Gasteiger partial charge is 0.382 e. The Morgan fingerprint density at radius 2 is 2.50 bits per heavy atom. The highest BCUT2D eigenvalue weighted by Crippen LogP contribution is 2.02. The predicted octanol–water partition coefficient (Wildman–Crippen LogP) is -0.413. The van der Waals surface area contributed by atoms with E-state index >= 15 is 0 Å². The smallest absolute Gasteiger partial charge is 0.222 e. The van der Waals surface area contributed by atoms with Crippen molar-refractivity contribution in [2.24, 2.45) is 11.7 Å². The topological polar surface area (TPSA) is 86.9 Å². The Balaban J connectivity index is 2.58. The van der Waals surface area contributed by atoms with Gasteiger partial charge in [0.1, 0.15) is 5.82 Å². The lowest BCUT2D eigenvalue weighted by atomic mass is 10.2. The molecule has 0 saturated heterocycles. The predicted molar refractivity (Wildman–Crippen MR) is 45.0 cm³/mol. The third-order valence-corrected chi connectivity index (χ3v) is 1.62. The number of rotatable bonds is 3. The van der Waals surface area contributed by atoms with Crippen molar-refractivity contribution in [2.75, 3.05) is 5.73 Å². The van der Waals surface area contributed by atoms with Crippen molar-refractivity contribution in [2.45, 2.75) is 13.5 Å². The molecule has 1 rings (SSSR count). The fourth-order valence-corrected chi connectivity index (χ4v) is 0.883. The lowest BCUT2D eigenvalue weighted by molar-refractivity contribution is -0.121. The first-order chi connectivity index (χ1) is 5.59. The van der Waals surface area contributed by atoms with Crippen LogP contribution in [0.4, 0.5) is 5.82 Å². The summed E-state index contributed by atoms with van der Waals surface area (Å²) < 4.78 is 1.74. The molecule has 1 amide bonds. The second-order valence-electron chi connectivity index (χ2n) is 2.80. The Morgan fingerprint density at radius 3 is 2.92 bits per heavy atom. The molecule has 1 atom stereocenters. The van der Waals surface area contributed by atoms with Gasteiger partial charge in [0.25, 0.3) is 0 Å². The molecule has 0 spiro atoms. The first-order valence-electron chi connectivity index (χ1n) is 3.66. The normalized spacial score (nSPS) is 12.8. The van der Waals surface area contributed by atoms with Gasteiger partial charge in [0.15, 0.2) is 0 Å². The summed E-state index contributed by atoms with van der Waals surface area (Å²) in [5.41, 5.74) is 10.5. The number of aromatic nitrogens is 2. The molecule has 1 aromatic heterocycles. The standard InChI is InChI=1S/C7H12N4O/c1-5(7(9)12)2-11-3-6(8)10-4-11/h3-5H,2,8H2,1H3,(H2,9,12). The summed E-state index contributed by atoms with van der Waals surface area (Å²) in [5, 5.41) is 0. The third kappa shape index (κ3) is 1.98. The molecule has 4 N–H and O–H groups in total. The average molecular weight is 168 g/mol. The van der Waals surface area contributed by atoms with Crippen molar-refractivity contribution < 1.29 is 4.79 Å². The number of anilines is 1. The van der Waals surface area contributed by atoms with Gasteiger partial charge in [0.05, 0.1) is 12.2 Å². The summed E-state index contributed by atoms with van der Waals surface area (Å²) in [6, 6.07) is 0. The SMILES string of the molecule is CC(Cn1cnc(N)c1)C(N)=O. The van der Waals surface area contributed by atoms with Gasteiger partial charge in [-0.1, -0.05) is 6.92 Å². The van der Waals surface area contributed by atoms with Crippen LogP contribution in [0.5, 0.6) is 0 Å². The minimum absolute atomic E-state index is 0.196. The van der Waals surface area contributed by atoms with Gasteiger partial charge in [-0.2, -0.15) is 0 Å².